The molecule has 3 rings (SSSR count). The highest BCUT2D eigenvalue weighted by Gasteiger charge is 2.38. The minimum atomic E-state index is 0.548. The van der Waals surface area contributed by atoms with Gasteiger partial charge in [-0.3, -0.25) is 4.79 Å². The third-order valence-electron chi connectivity index (χ3n) is 7.24. The van der Waals surface area contributed by atoms with E-state index in [4.69, 9.17) is 0 Å². The molecule has 0 bridgehead atoms. The Morgan fingerprint density at radius 2 is 1.50 bits per heavy atom. The van der Waals surface area contributed by atoms with Gasteiger partial charge in [0.05, 0.1) is 0 Å². The second-order valence-corrected chi connectivity index (χ2v) is 8.65. The number of carbonyl (C=O) groups is 1. The molecule has 3 aliphatic rings. The van der Waals surface area contributed by atoms with E-state index in [2.05, 4.69) is 6.92 Å². The quantitative estimate of drug-likeness (QED) is 0.556. The molecule has 0 aromatic heterocycles. The molecule has 0 aromatic rings. The summed E-state index contributed by atoms with van der Waals surface area (Å²) in [6.07, 6.45) is 19.1. The van der Waals surface area contributed by atoms with E-state index in [-0.39, 0.29) is 0 Å². The number of rotatable bonds is 5. The summed E-state index contributed by atoms with van der Waals surface area (Å²) in [6.45, 7) is 2.31. The number of unbranched alkanes of at least 4 members (excludes halogenated alkanes) is 2. The number of ketones is 1. The molecule has 126 valence electrons. The molecular formula is C21H36O. The lowest BCUT2D eigenvalue weighted by atomic mass is 9.62. The molecular weight excluding hydrogens is 268 g/mol. The van der Waals surface area contributed by atoms with Crippen LogP contribution in [-0.2, 0) is 4.79 Å². The molecule has 22 heavy (non-hydrogen) atoms. The topological polar surface area (TPSA) is 17.1 Å². The van der Waals surface area contributed by atoms with Crippen LogP contribution in [0.5, 0.6) is 0 Å². The Balaban J connectivity index is 1.41. The maximum atomic E-state index is 11.6. The Bertz CT molecular complexity index is 353. The Kier molecular flexibility index (Phi) is 5.99. The van der Waals surface area contributed by atoms with Crippen molar-refractivity contribution < 1.29 is 4.79 Å². The van der Waals surface area contributed by atoms with Crippen LogP contribution < -0.4 is 0 Å². The van der Waals surface area contributed by atoms with Crippen LogP contribution in [-0.4, -0.2) is 5.78 Å². The van der Waals surface area contributed by atoms with Crippen molar-refractivity contribution in [2.24, 2.45) is 29.6 Å². The fraction of sp³-hybridized carbons (Fsp3) is 0.952. The molecule has 0 radical (unpaired) electrons. The second kappa shape index (κ2) is 7.97. The summed E-state index contributed by atoms with van der Waals surface area (Å²) in [5, 5.41) is 0. The van der Waals surface area contributed by atoms with Gasteiger partial charge in [-0.05, 0) is 68.1 Å². The van der Waals surface area contributed by atoms with E-state index in [1.54, 1.807) is 0 Å². The summed E-state index contributed by atoms with van der Waals surface area (Å²) in [5.74, 6) is 5.30. The Morgan fingerprint density at radius 3 is 2.27 bits per heavy atom. The van der Waals surface area contributed by atoms with Gasteiger partial charge < -0.3 is 0 Å². The Labute approximate surface area is 137 Å². The molecule has 3 aliphatic carbocycles. The highest BCUT2D eigenvalue weighted by molar-refractivity contribution is 5.79. The van der Waals surface area contributed by atoms with Gasteiger partial charge in [-0.1, -0.05) is 45.4 Å². The van der Waals surface area contributed by atoms with Crippen LogP contribution in [0.4, 0.5) is 0 Å². The van der Waals surface area contributed by atoms with Crippen LogP contribution in [0.25, 0.3) is 0 Å². The van der Waals surface area contributed by atoms with Crippen LogP contribution in [0.15, 0.2) is 0 Å². The average molecular weight is 305 g/mol. The number of hydrogen-bond acceptors (Lipinski definition) is 1. The fourth-order valence-electron chi connectivity index (χ4n) is 5.79. The molecule has 1 heteroatoms. The molecule has 0 saturated heterocycles. The van der Waals surface area contributed by atoms with Crippen molar-refractivity contribution in [3.8, 4) is 0 Å². The van der Waals surface area contributed by atoms with Gasteiger partial charge in [0.15, 0.2) is 0 Å². The lowest BCUT2D eigenvalue weighted by Gasteiger charge is -2.43. The lowest BCUT2D eigenvalue weighted by Crippen LogP contribution is -2.34. The molecule has 3 fully saturated rings. The normalized spacial score (nSPS) is 39.5. The van der Waals surface area contributed by atoms with Crippen molar-refractivity contribution in [2.75, 3.05) is 0 Å². The van der Waals surface area contributed by atoms with Crippen LogP contribution in [0.1, 0.15) is 96.8 Å². The molecule has 0 amide bonds. The van der Waals surface area contributed by atoms with Crippen LogP contribution in [0, 0.1) is 29.6 Å². The predicted octanol–water partition coefficient (Wildman–Crippen LogP) is 6.16. The molecule has 0 spiro atoms. The van der Waals surface area contributed by atoms with Crippen molar-refractivity contribution in [2.45, 2.75) is 96.8 Å². The van der Waals surface area contributed by atoms with E-state index < -0.39 is 0 Å². The van der Waals surface area contributed by atoms with Crippen molar-refractivity contribution >= 4 is 5.78 Å². The maximum absolute atomic E-state index is 11.6. The number of carbonyl (C=O) groups excluding carboxylic acids is 1. The second-order valence-electron chi connectivity index (χ2n) is 8.65. The van der Waals surface area contributed by atoms with Crippen LogP contribution in [0.3, 0.4) is 0 Å². The lowest BCUT2D eigenvalue weighted by molar-refractivity contribution is -0.123. The van der Waals surface area contributed by atoms with Crippen molar-refractivity contribution in [3.05, 3.63) is 0 Å². The van der Waals surface area contributed by atoms with E-state index in [0.29, 0.717) is 5.78 Å². The third kappa shape index (κ3) is 4.15. The van der Waals surface area contributed by atoms with Crippen LogP contribution >= 0.6 is 0 Å². The van der Waals surface area contributed by atoms with E-state index in [1.807, 2.05) is 0 Å². The molecule has 3 saturated carbocycles. The summed E-state index contributed by atoms with van der Waals surface area (Å²) in [5.41, 5.74) is 0. The standard InChI is InChI=1S/C21H36O/c1-2-3-4-5-16-6-8-17(9-7-16)18-10-11-20-15-21(22)13-12-19(20)14-18/h16-20H,2-15H2,1H3/t16?,17?,18?,19-,20+/m0/s1. The summed E-state index contributed by atoms with van der Waals surface area (Å²) in [7, 11) is 0. The first-order valence-corrected chi connectivity index (χ1v) is 10.3. The number of Topliss-reactive ketones (excluding diaryl/α,β-unsaturated/α-hetero) is 1. The molecule has 0 aromatic carbocycles. The first-order valence-electron chi connectivity index (χ1n) is 10.3. The first kappa shape index (κ1) is 16.5. The summed E-state index contributed by atoms with van der Waals surface area (Å²) in [4.78, 5) is 11.6. The van der Waals surface area contributed by atoms with E-state index in [1.165, 1.54) is 77.0 Å². The highest BCUT2D eigenvalue weighted by atomic mass is 16.1. The molecule has 0 aliphatic heterocycles. The smallest absolute Gasteiger partial charge is 0.133 e. The average Bonchev–Trinajstić information content (AvgIpc) is 2.55. The predicted molar refractivity (Wildman–Crippen MR) is 92.8 cm³/mol. The summed E-state index contributed by atoms with van der Waals surface area (Å²) < 4.78 is 0. The summed E-state index contributed by atoms with van der Waals surface area (Å²) in [6, 6.07) is 0. The zero-order valence-corrected chi connectivity index (χ0v) is 14.7. The molecule has 0 heterocycles. The molecule has 1 unspecified atom stereocenters. The molecule has 0 N–H and O–H groups in total. The monoisotopic (exact) mass is 304 g/mol. The van der Waals surface area contributed by atoms with Gasteiger partial charge in [-0.25, -0.2) is 0 Å². The van der Waals surface area contributed by atoms with Gasteiger partial charge >= 0.3 is 0 Å². The van der Waals surface area contributed by atoms with Gasteiger partial charge in [-0.2, -0.15) is 0 Å². The minimum absolute atomic E-state index is 0.548. The number of fused-ring (bicyclic) bond motifs is 1. The SMILES string of the molecule is CCCCCC1CCC(C2CC[C@@H]3CC(=O)CC[C@H]3C2)CC1. The van der Waals surface area contributed by atoms with Crippen molar-refractivity contribution in [1.29, 1.82) is 0 Å². The van der Waals surface area contributed by atoms with Gasteiger partial charge in [0.1, 0.15) is 5.78 Å². The highest BCUT2D eigenvalue weighted by Crippen LogP contribution is 2.47. The zero-order valence-electron chi connectivity index (χ0n) is 14.7. The van der Waals surface area contributed by atoms with Gasteiger partial charge in [0, 0.05) is 12.8 Å². The zero-order chi connectivity index (χ0) is 15.4. The van der Waals surface area contributed by atoms with Crippen molar-refractivity contribution in [3.63, 3.8) is 0 Å². The minimum Gasteiger partial charge on any atom is -0.300 e. The van der Waals surface area contributed by atoms with Gasteiger partial charge in [-0.15, -0.1) is 0 Å². The Hall–Kier alpha value is -0.330. The van der Waals surface area contributed by atoms with E-state index >= 15 is 0 Å². The Morgan fingerprint density at radius 1 is 0.818 bits per heavy atom. The molecule has 1 nitrogen and oxygen atoms in total. The van der Waals surface area contributed by atoms with Crippen LogP contribution in [0.2, 0.25) is 0 Å². The van der Waals surface area contributed by atoms with Crippen molar-refractivity contribution in [1.82, 2.24) is 0 Å². The van der Waals surface area contributed by atoms with Gasteiger partial charge in [0.2, 0.25) is 0 Å². The van der Waals surface area contributed by atoms with Gasteiger partial charge in [0.25, 0.3) is 0 Å². The van der Waals surface area contributed by atoms with E-state index in [9.17, 15) is 4.79 Å². The number of hydrogen-bond donors (Lipinski definition) is 0. The largest absolute Gasteiger partial charge is 0.300 e. The fourth-order valence-corrected chi connectivity index (χ4v) is 5.79. The summed E-state index contributed by atoms with van der Waals surface area (Å²) >= 11 is 0. The maximum Gasteiger partial charge on any atom is 0.133 e. The third-order valence-corrected chi connectivity index (χ3v) is 7.24. The molecule has 3 atom stereocenters. The first-order chi connectivity index (χ1) is 10.8. The van der Waals surface area contributed by atoms with E-state index in [0.717, 1.165) is 42.4 Å².